The quantitative estimate of drug-likeness (QED) is 0.534. The second kappa shape index (κ2) is 8.61. The lowest BCUT2D eigenvalue weighted by atomic mass is 10.2. The van der Waals surface area contributed by atoms with Gasteiger partial charge in [0, 0.05) is 16.4 Å². The van der Waals surface area contributed by atoms with Crippen LogP contribution in [0.5, 0.6) is 0 Å². The van der Waals surface area contributed by atoms with Crippen LogP contribution in [0.4, 0.5) is 11.4 Å². The minimum atomic E-state index is -0.942. The molecule has 1 atom stereocenters. The zero-order chi connectivity index (χ0) is 22.2. The number of carbonyl (C=O) groups is 2. The lowest BCUT2D eigenvalue weighted by Gasteiger charge is -2.41. The first-order valence-electron chi connectivity index (χ1n) is 9.64. The van der Waals surface area contributed by atoms with Crippen LogP contribution in [0.2, 0.25) is 5.02 Å². The largest absolute Gasteiger partial charge is 0.461 e. The summed E-state index contributed by atoms with van der Waals surface area (Å²) in [6.07, 6.45) is 0. The van der Waals surface area contributed by atoms with Gasteiger partial charge in [-0.05, 0) is 68.9 Å². The van der Waals surface area contributed by atoms with E-state index in [-0.39, 0.29) is 17.4 Å². The summed E-state index contributed by atoms with van der Waals surface area (Å²) in [5, 5.41) is 7.22. The molecule has 2 aliphatic heterocycles. The summed E-state index contributed by atoms with van der Waals surface area (Å²) in [6.45, 7) is 5.46. The molecule has 1 spiro atoms. The lowest BCUT2D eigenvalue weighted by Crippen LogP contribution is -2.49. The van der Waals surface area contributed by atoms with Crippen LogP contribution in [-0.2, 0) is 14.3 Å². The molecule has 4 rings (SSSR count). The van der Waals surface area contributed by atoms with Crippen molar-refractivity contribution in [2.24, 2.45) is 5.10 Å². The molecule has 2 aliphatic rings. The Hall–Kier alpha value is -2.42. The maximum absolute atomic E-state index is 12.6. The third kappa shape index (κ3) is 3.84. The van der Waals surface area contributed by atoms with Gasteiger partial charge in [-0.15, -0.1) is 0 Å². The predicted octanol–water partition coefficient (Wildman–Crippen LogP) is 5.46. The topological polar surface area (TPSA) is 62.2 Å². The number of thioether (sulfide) groups is 2. The van der Waals surface area contributed by atoms with Gasteiger partial charge in [0.25, 0.3) is 0 Å². The fourth-order valence-electron chi connectivity index (χ4n) is 3.45. The number of benzene rings is 2. The van der Waals surface area contributed by atoms with E-state index in [9.17, 15) is 9.59 Å². The molecule has 2 aromatic carbocycles. The Labute approximate surface area is 194 Å². The Bertz CT molecular complexity index is 1090. The van der Waals surface area contributed by atoms with Gasteiger partial charge in [0.15, 0.2) is 5.78 Å². The Morgan fingerprint density at radius 2 is 1.74 bits per heavy atom. The van der Waals surface area contributed by atoms with E-state index >= 15 is 0 Å². The number of ketones is 1. The molecule has 31 heavy (non-hydrogen) atoms. The second-order valence-electron chi connectivity index (χ2n) is 6.81. The van der Waals surface area contributed by atoms with Gasteiger partial charge in [0.05, 0.1) is 17.2 Å². The smallest absolute Gasteiger partial charge is 0.365 e. The summed E-state index contributed by atoms with van der Waals surface area (Å²) in [4.78, 5) is 27.8. The number of Topliss-reactive ketones (excluding diaryl/α,β-unsaturated/α-hetero) is 1. The van der Waals surface area contributed by atoms with Crippen LogP contribution in [0, 0.1) is 0 Å². The molecule has 0 fully saturated rings. The summed E-state index contributed by atoms with van der Waals surface area (Å²) in [6, 6.07) is 17.0. The molecule has 0 N–H and O–H groups in total. The van der Waals surface area contributed by atoms with E-state index in [0.717, 1.165) is 17.1 Å². The molecular weight excluding hydrogens is 454 g/mol. The number of hydrazone groups is 1. The van der Waals surface area contributed by atoms with Gasteiger partial charge in [-0.2, -0.15) is 5.10 Å². The highest BCUT2D eigenvalue weighted by Gasteiger charge is 2.57. The molecule has 0 saturated heterocycles. The van der Waals surface area contributed by atoms with Crippen molar-refractivity contribution in [1.82, 2.24) is 0 Å². The van der Waals surface area contributed by atoms with Crippen LogP contribution in [-0.4, -0.2) is 27.7 Å². The molecule has 0 aromatic heterocycles. The minimum absolute atomic E-state index is 0.0402. The number of allylic oxidation sites excluding steroid dienone is 2. The monoisotopic (exact) mass is 473 g/mol. The number of halogens is 1. The normalized spacial score (nSPS) is 20.5. The van der Waals surface area contributed by atoms with Crippen molar-refractivity contribution >= 4 is 63.3 Å². The summed E-state index contributed by atoms with van der Waals surface area (Å²) in [5.74, 6) is -0.535. The number of rotatable bonds is 5. The minimum Gasteiger partial charge on any atom is -0.461 e. The van der Waals surface area contributed by atoms with Crippen molar-refractivity contribution in [3.05, 3.63) is 70.2 Å². The van der Waals surface area contributed by atoms with E-state index < -0.39 is 10.3 Å². The van der Waals surface area contributed by atoms with E-state index in [1.165, 1.54) is 23.5 Å². The van der Waals surface area contributed by atoms with Gasteiger partial charge >= 0.3 is 5.97 Å². The molecular formula is C22H20ClN3O3S2. The van der Waals surface area contributed by atoms with Crippen LogP contribution in [0.3, 0.4) is 0 Å². The van der Waals surface area contributed by atoms with E-state index in [1.807, 2.05) is 54.3 Å². The Morgan fingerprint density at radius 1 is 1.06 bits per heavy atom. The van der Waals surface area contributed by atoms with Crippen molar-refractivity contribution in [3.8, 4) is 0 Å². The molecule has 6 nitrogen and oxygen atoms in total. The number of anilines is 2. The first kappa shape index (κ1) is 21.8. The van der Waals surface area contributed by atoms with Crippen molar-refractivity contribution in [2.45, 2.75) is 25.1 Å². The molecule has 2 aromatic rings. The first-order valence-corrected chi connectivity index (χ1v) is 11.6. The number of hydrogen-bond donors (Lipinski definition) is 0. The van der Waals surface area contributed by atoms with Crippen molar-refractivity contribution in [2.75, 3.05) is 16.5 Å². The third-order valence-corrected chi connectivity index (χ3v) is 7.95. The van der Waals surface area contributed by atoms with Crippen LogP contribution < -0.4 is 9.91 Å². The highest BCUT2D eigenvalue weighted by molar-refractivity contribution is 8.29. The van der Waals surface area contributed by atoms with E-state index in [0.29, 0.717) is 9.93 Å². The molecule has 9 heteroatoms. The standard InChI is InChI=1S/C22H20ClN3O3S2/c1-4-29-21(28)20-24-26(18-12-10-16(23)11-13-18)22(31-20)25(17-8-6-5-7-9-17)14(2)19(30-22)15(3)27/h5-13H,4H2,1-3H3. The Balaban J connectivity index is 1.89. The van der Waals surface area contributed by atoms with Crippen molar-refractivity contribution < 1.29 is 14.3 Å². The molecule has 0 radical (unpaired) electrons. The number of carbonyl (C=O) groups excluding carboxylic acids is 2. The fraction of sp³-hybridized carbons (Fsp3) is 0.227. The average Bonchev–Trinajstić information content (AvgIpc) is 3.27. The first-order chi connectivity index (χ1) is 14.9. The van der Waals surface area contributed by atoms with Gasteiger partial charge in [0.1, 0.15) is 0 Å². The van der Waals surface area contributed by atoms with Crippen LogP contribution in [0.1, 0.15) is 20.8 Å². The van der Waals surface area contributed by atoms with Gasteiger partial charge in [0.2, 0.25) is 9.37 Å². The van der Waals surface area contributed by atoms with Crippen LogP contribution >= 0.6 is 35.1 Å². The van der Waals surface area contributed by atoms with E-state index in [4.69, 9.17) is 16.3 Å². The summed E-state index contributed by atoms with van der Waals surface area (Å²) in [7, 11) is 0. The number of esters is 1. The van der Waals surface area contributed by atoms with Gasteiger partial charge in [-0.1, -0.05) is 41.6 Å². The van der Waals surface area contributed by atoms with Crippen molar-refractivity contribution in [1.29, 1.82) is 0 Å². The highest BCUT2D eigenvalue weighted by atomic mass is 35.5. The van der Waals surface area contributed by atoms with E-state index in [1.54, 1.807) is 31.0 Å². The molecule has 0 aliphatic carbocycles. The summed E-state index contributed by atoms with van der Waals surface area (Å²) in [5.41, 5.74) is 2.42. The zero-order valence-corrected chi connectivity index (χ0v) is 19.6. The second-order valence-corrected chi connectivity index (χ2v) is 9.84. The van der Waals surface area contributed by atoms with Gasteiger partial charge < -0.3 is 9.64 Å². The van der Waals surface area contributed by atoms with Gasteiger partial charge in [-0.25, -0.2) is 9.80 Å². The predicted molar refractivity (Wildman–Crippen MR) is 128 cm³/mol. The molecule has 0 saturated carbocycles. The molecule has 1 unspecified atom stereocenters. The number of ether oxygens (including phenoxy) is 1. The molecule has 160 valence electrons. The van der Waals surface area contributed by atoms with E-state index in [2.05, 4.69) is 5.10 Å². The van der Waals surface area contributed by atoms with Gasteiger partial charge in [-0.3, -0.25) is 4.79 Å². The van der Waals surface area contributed by atoms with Crippen LogP contribution in [0.25, 0.3) is 0 Å². The Kier molecular flexibility index (Phi) is 6.05. The molecule has 0 bridgehead atoms. The lowest BCUT2D eigenvalue weighted by molar-refractivity contribution is -0.134. The van der Waals surface area contributed by atoms with Crippen LogP contribution in [0.15, 0.2) is 70.3 Å². The maximum Gasteiger partial charge on any atom is 0.365 e. The SMILES string of the molecule is CCOC(=O)C1=NN(c2ccc(Cl)cc2)C2(S1)SC(C(C)=O)=C(C)N2c1ccccc1. The average molecular weight is 474 g/mol. The zero-order valence-electron chi connectivity index (χ0n) is 17.2. The summed E-state index contributed by atoms with van der Waals surface area (Å²) >= 11 is 8.74. The fourth-order valence-corrected chi connectivity index (χ4v) is 6.53. The molecule has 0 amide bonds. The third-order valence-electron chi connectivity index (χ3n) is 4.73. The Morgan fingerprint density at radius 3 is 2.35 bits per heavy atom. The number of para-hydroxylation sites is 1. The maximum atomic E-state index is 12.6. The molecule has 2 heterocycles. The number of nitrogens with zero attached hydrogens (tertiary/aromatic N) is 3. The summed E-state index contributed by atoms with van der Waals surface area (Å²) < 4.78 is 4.29. The number of hydrogen-bond acceptors (Lipinski definition) is 8. The highest BCUT2D eigenvalue weighted by Crippen LogP contribution is 2.60. The van der Waals surface area contributed by atoms with Crippen molar-refractivity contribution in [3.63, 3.8) is 0 Å².